The SMILES string of the molecule is FC(F)(F)SCCI. The monoisotopic (exact) mass is 256 g/mol. The zero-order valence-corrected chi connectivity index (χ0v) is 6.81. The molecule has 5 heteroatoms. The molecule has 0 fully saturated rings. The molecule has 0 bridgehead atoms. The molecule has 0 rings (SSSR count). The van der Waals surface area contributed by atoms with Crippen molar-refractivity contribution < 1.29 is 13.2 Å². The first-order valence-electron chi connectivity index (χ1n) is 1.83. The van der Waals surface area contributed by atoms with Crippen LogP contribution >= 0.6 is 34.4 Å². The van der Waals surface area contributed by atoms with Crippen molar-refractivity contribution in [3.05, 3.63) is 0 Å². The van der Waals surface area contributed by atoms with Gasteiger partial charge < -0.3 is 0 Å². The standard InChI is InChI=1S/C3H4F3IS/c4-3(5,6)8-2-1-7/h1-2H2. The Kier molecular flexibility index (Phi) is 4.23. The normalized spacial score (nSPS) is 12.0. The Balaban J connectivity index is 3.11. The lowest BCUT2D eigenvalue weighted by Gasteiger charge is -2.01. The minimum absolute atomic E-state index is 0.0261. The Hall–Kier alpha value is 0.870. The molecular formula is C3H4F3IS. The molecule has 0 spiro atoms. The average Bonchev–Trinajstić information content (AvgIpc) is 1.59. The van der Waals surface area contributed by atoms with Crippen molar-refractivity contribution in [3.8, 4) is 0 Å². The van der Waals surface area contributed by atoms with Gasteiger partial charge in [-0.2, -0.15) is 13.2 Å². The van der Waals surface area contributed by atoms with Crippen LogP contribution in [0.2, 0.25) is 0 Å². The van der Waals surface area contributed by atoms with Crippen molar-refractivity contribution in [2.24, 2.45) is 0 Å². The van der Waals surface area contributed by atoms with Gasteiger partial charge >= 0.3 is 5.51 Å². The lowest BCUT2D eigenvalue weighted by molar-refractivity contribution is -0.0326. The van der Waals surface area contributed by atoms with Crippen LogP contribution in [0, 0.1) is 0 Å². The fraction of sp³-hybridized carbons (Fsp3) is 1.00. The second kappa shape index (κ2) is 3.81. The third-order valence-corrected chi connectivity index (χ3v) is 2.35. The highest BCUT2D eigenvalue weighted by Crippen LogP contribution is 2.29. The van der Waals surface area contributed by atoms with Gasteiger partial charge in [-0.25, -0.2) is 0 Å². The van der Waals surface area contributed by atoms with E-state index in [1.165, 1.54) is 0 Å². The van der Waals surface area contributed by atoms with Crippen molar-refractivity contribution in [2.45, 2.75) is 5.51 Å². The summed E-state index contributed by atoms with van der Waals surface area (Å²) in [5, 5.41) is 0. The second-order valence-corrected chi connectivity index (χ2v) is 3.22. The van der Waals surface area contributed by atoms with Crippen molar-refractivity contribution in [2.75, 3.05) is 10.2 Å². The predicted molar refractivity (Wildman–Crippen MR) is 37.4 cm³/mol. The van der Waals surface area contributed by atoms with Gasteiger partial charge in [0.25, 0.3) is 0 Å². The van der Waals surface area contributed by atoms with Gasteiger partial charge in [-0.15, -0.1) is 0 Å². The van der Waals surface area contributed by atoms with Crippen LogP contribution in [0.1, 0.15) is 0 Å². The van der Waals surface area contributed by atoms with E-state index in [0.29, 0.717) is 4.43 Å². The van der Waals surface area contributed by atoms with E-state index >= 15 is 0 Å². The zero-order valence-electron chi connectivity index (χ0n) is 3.83. The van der Waals surface area contributed by atoms with Crippen molar-refractivity contribution >= 4 is 34.4 Å². The highest BCUT2D eigenvalue weighted by molar-refractivity contribution is 14.1. The molecule has 0 radical (unpaired) electrons. The molecule has 0 amide bonds. The van der Waals surface area contributed by atoms with Gasteiger partial charge in [-0.3, -0.25) is 0 Å². The van der Waals surface area contributed by atoms with Gasteiger partial charge in [0.15, 0.2) is 0 Å². The highest BCUT2D eigenvalue weighted by Gasteiger charge is 2.26. The van der Waals surface area contributed by atoms with Crippen LogP contribution in [-0.4, -0.2) is 15.7 Å². The summed E-state index contributed by atoms with van der Waals surface area (Å²) in [5.41, 5.74) is -4.04. The number of alkyl halides is 4. The fourth-order valence-electron chi connectivity index (χ4n) is 0.154. The molecule has 0 unspecified atom stereocenters. The highest BCUT2D eigenvalue weighted by atomic mass is 127. The van der Waals surface area contributed by atoms with Crippen LogP contribution in [0.15, 0.2) is 0 Å². The van der Waals surface area contributed by atoms with E-state index in [0.717, 1.165) is 0 Å². The largest absolute Gasteiger partial charge is 0.441 e. The van der Waals surface area contributed by atoms with E-state index in [-0.39, 0.29) is 17.5 Å². The summed E-state index contributed by atoms with van der Waals surface area (Å²) in [5.74, 6) is 0.157. The molecule has 8 heavy (non-hydrogen) atoms. The molecule has 0 aliphatic rings. The molecule has 0 N–H and O–H groups in total. The van der Waals surface area contributed by atoms with E-state index in [2.05, 4.69) is 0 Å². The Morgan fingerprint density at radius 1 is 1.38 bits per heavy atom. The molecule has 0 aliphatic carbocycles. The van der Waals surface area contributed by atoms with E-state index in [1.54, 1.807) is 0 Å². The molecule has 0 atom stereocenters. The fourth-order valence-corrected chi connectivity index (χ4v) is 1.12. The van der Waals surface area contributed by atoms with Crippen molar-refractivity contribution in [1.82, 2.24) is 0 Å². The Morgan fingerprint density at radius 3 is 2.00 bits per heavy atom. The molecule has 0 nitrogen and oxygen atoms in total. The number of hydrogen-bond donors (Lipinski definition) is 0. The Labute approximate surface area is 63.4 Å². The maximum absolute atomic E-state index is 11.2. The van der Waals surface area contributed by atoms with Gasteiger partial charge in [0.05, 0.1) is 0 Å². The van der Waals surface area contributed by atoms with E-state index in [1.807, 2.05) is 22.6 Å². The topological polar surface area (TPSA) is 0 Å². The van der Waals surface area contributed by atoms with Crippen molar-refractivity contribution in [1.29, 1.82) is 0 Å². The van der Waals surface area contributed by atoms with Gasteiger partial charge in [-0.1, -0.05) is 34.4 Å². The van der Waals surface area contributed by atoms with Gasteiger partial charge in [-0.05, 0) is 0 Å². The third-order valence-electron chi connectivity index (χ3n) is 0.343. The number of hydrogen-bond acceptors (Lipinski definition) is 1. The molecule has 0 saturated heterocycles. The summed E-state index contributed by atoms with van der Waals surface area (Å²) in [7, 11) is 0. The van der Waals surface area contributed by atoms with Crippen LogP contribution < -0.4 is 0 Å². The first-order valence-corrected chi connectivity index (χ1v) is 4.34. The minimum atomic E-state index is -4.04. The first kappa shape index (κ1) is 8.87. The second-order valence-electron chi connectivity index (χ2n) is 0.983. The van der Waals surface area contributed by atoms with Gasteiger partial charge in [0.2, 0.25) is 0 Å². The molecule has 0 aromatic heterocycles. The molecule has 0 saturated carbocycles. The molecule has 0 aromatic rings. The first-order chi connectivity index (χ1) is 3.56. The maximum Gasteiger partial charge on any atom is 0.441 e. The third kappa shape index (κ3) is 6.87. The van der Waals surface area contributed by atoms with Crippen LogP contribution in [0.25, 0.3) is 0 Å². The van der Waals surface area contributed by atoms with Crippen LogP contribution in [0.3, 0.4) is 0 Å². The molecule has 0 heterocycles. The summed E-state index contributed by atoms with van der Waals surface area (Å²) in [6, 6.07) is 0. The molecule has 50 valence electrons. The van der Waals surface area contributed by atoms with Gasteiger partial charge in [0, 0.05) is 10.2 Å². The number of thioether (sulfide) groups is 1. The summed E-state index contributed by atoms with van der Waals surface area (Å²) in [6.45, 7) is 0. The Bertz CT molecular complexity index is 62.0. The maximum atomic E-state index is 11.2. The summed E-state index contributed by atoms with van der Waals surface area (Å²) in [6.07, 6.45) is 0. The molecule has 0 aromatic carbocycles. The Morgan fingerprint density at radius 2 is 1.88 bits per heavy atom. The smallest absolute Gasteiger partial charge is 0.160 e. The quantitative estimate of drug-likeness (QED) is 0.540. The average molecular weight is 256 g/mol. The molecular weight excluding hydrogens is 252 g/mol. The summed E-state index contributed by atoms with van der Waals surface area (Å²) >= 11 is 1.93. The predicted octanol–water partition coefficient (Wildman–Crippen LogP) is 2.67. The lowest BCUT2D eigenvalue weighted by Crippen LogP contribution is -2.01. The minimum Gasteiger partial charge on any atom is -0.160 e. The van der Waals surface area contributed by atoms with E-state index in [9.17, 15) is 13.2 Å². The molecule has 0 aliphatic heterocycles. The zero-order chi connectivity index (χ0) is 6.62. The van der Waals surface area contributed by atoms with Crippen LogP contribution in [0.5, 0.6) is 0 Å². The van der Waals surface area contributed by atoms with Gasteiger partial charge in [0.1, 0.15) is 0 Å². The number of halogens is 4. The van der Waals surface area contributed by atoms with E-state index < -0.39 is 5.51 Å². The summed E-state index contributed by atoms with van der Waals surface area (Å²) < 4.78 is 34.2. The number of rotatable bonds is 2. The summed E-state index contributed by atoms with van der Waals surface area (Å²) in [4.78, 5) is 0. The van der Waals surface area contributed by atoms with Crippen LogP contribution in [-0.2, 0) is 0 Å². The van der Waals surface area contributed by atoms with E-state index in [4.69, 9.17) is 0 Å². The lowest BCUT2D eigenvalue weighted by atomic mass is 11.0. The van der Waals surface area contributed by atoms with Crippen LogP contribution in [0.4, 0.5) is 13.2 Å². The van der Waals surface area contributed by atoms with Crippen molar-refractivity contribution in [3.63, 3.8) is 0 Å².